The zero-order valence-electron chi connectivity index (χ0n) is 15.0. The van der Waals surface area contributed by atoms with Gasteiger partial charge in [0.2, 0.25) is 5.91 Å². The molecule has 29 heavy (non-hydrogen) atoms. The number of rotatable bonds is 3. The summed E-state index contributed by atoms with van der Waals surface area (Å²) >= 11 is 1.16. The van der Waals surface area contributed by atoms with E-state index < -0.39 is 17.8 Å². The Morgan fingerprint density at radius 3 is 2.79 bits per heavy atom. The van der Waals surface area contributed by atoms with E-state index >= 15 is 0 Å². The van der Waals surface area contributed by atoms with Crippen LogP contribution in [0, 0.1) is 0 Å². The molecule has 11 heteroatoms. The number of hydrogen-bond acceptors (Lipinski definition) is 5. The van der Waals surface area contributed by atoms with Crippen LogP contribution in [0.1, 0.15) is 28.2 Å². The van der Waals surface area contributed by atoms with Crippen molar-refractivity contribution in [2.24, 2.45) is 7.05 Å². The smallest absolute Gasteiger partial charge is 0.326 e. The fraction of sp³-hybridized carbons (Fsp3) is 0.222. The summed E-state index contributed by atoms with van der Waals surface area (Å²) < 4.78 is 39.2. The minimum absolute atomic E-state index is 0.0206. The average molecular weight is 421 g/mol. The predicted molar refractivity (Wildman–Crippen MR) is 101 cm³/mol. The molecule has 2 amide bonds. The van der Waals surface area contributed by atoms with Crippen LogP contribution < -0.4 is 10.6 Å². The summed E-state index contributed by atoms with van der Waals surface area (Å²) in [5.74, 6) is -0.752. The summed E-state index contributed by atoms with van der Waals surface area (Å²) in [6, 6.07) is 6.23. The number of aryl methyl sites for hydroxylation is 2. The van der Waals surface area contributed by atoms with E-state index in [1.807, 2.05) is 12.1 Å². The van der Waals surface area contributed by atoms with Crippen molar-refractivity contribution in [2.45, 2.75) is 19.0 Å². The number of carbonyl (C=O) groups excluding carboxylic acids is 2. The van der Waals surface area contributed by atoms with E-state index in [1.165, 1.54) is 7.05 Å². The van der Waals surface area contributed by atoms with Crippen LogP contribution >= 0.6 is 11.3 Å². The molecule has 0 unspecified atom stereocenters. The molecule has 3 aromatic rings. The first-order valence-corrected chi connectivity index (χ1v) is 9.40. The molecular weight excluding hydrogens is 407 g/mol. The van der Waals surface area contributed by atoms with E-state index in [4.69, 9.17) is 0 Å². The van der Waals surface area contributed by atoms with Gasteiger partial charge in [0.05, 0.1) is 5.69 Å². The van der Waals surface area contributed by atoms with Gasteiger partial charge in [0, 0.05) is 36.2 Å². The number of thiazole rings is 1. The fourth-order valence-electron chi connectivity index (χ4n) is 2.99. The third-order valence-electron chi connectivity index (χ3n) is 4.42. The van der Waals surface area contributed by atoms with E-state index in [-0.39, 0.29) is 16.7 Å². The Balaban J connectivity index is 1.52. The molecule has 2 N–H and O–H groups in total. The monoisotopic (exact) mass is 421 g/mol. The second-order valence-corrected chi connectivity index (χ2v) is 7.31. The lowest BCUT2D eigenvalue weighted by Gasteiger charge is -2.17. The number of nitrogens with one attached hydrogen (secondary N) is 2. The van der Waals surface area contributed by atoms with Crippen molar-refractivity contribution >= 4 is 34.0 Å². The molecule has 0 saturated carbocycles. The largest absolute Gasteiger partial charge is 0.435 e. The van der Waals surface area contributed by atoms with Crippen LogP contribution in [-0.4, -0.2) is 26.6 Å². The van der Waals surface area contributed by atoms with Gasteiger partial charge in [-0.3, -0.25) is 19.6 Å². The van der Waals surface area contributed by atoms with Gasteiger partial charge in [0.15, 0.2) is 10.8 Å². The van der Waals surface area contributed by atoms with Crippen LogP contribution in [0.3, 0.4) is 0 Å². The minimum Gasteiger partial charge on any atom is -0.326 e. The van der Waals surface area contributed by atoms with E-state index in [2.05, 4.69) is 20.7 Å². The van der Waals surface area contributed by atoms with Crippen LogP contribution in [0.2, 0.25) is 0 Å². The molecule has 0 bridgehead atoms. The average Bonchev–Trinajstić information content (AvgIpc) is 3.27. The Labute approximate surface area is 166 Å². The molecule has 4 rings (SSSR count). The molecule has 0 saturated heterocycles. The highest BCUT2D eigenvalue weighted by atomic mass is 32.1. The van der Waals surface area contributed by atoms with E-state index in [0.29, 0.717) is 24.6 Å². The van der Waals surface area contributed by atoms with Gasteiger partial charge in [-0.2, -0.15) is 18.3 Å². The van der Waals surface area contributed by atoms with E-state index in [1.54, 1.807) is 11.4 Å². The number of hydrogen-bond donors (Lipinski definition) is 2. The lowest BCUT2D eigenvalue weighted by molar-refractivity contribution is -0.141. The van der Waals surface area contributed by atoms with Crippen molar-refractivity contribution in [1.82, 2.24) is 14.8 Å². The van der Waals surface area contributed by atoms with Gasteiger partial charge in [0.25, 0.3) is 5.91 Å². The Kier molecular flexibility index (Phi) is 4.61. The van der Waals surface area contributed by atoms with Crippen LogP contribution in [0.5, 0.6) is 0 Å². The third kappa shape index (κ3) is 3.86. The summed E-state index contributed by atoms with van der Waals surface area (Å²) in [7, 11) is 1.27. The van der Waals surface area contributed by atoms with Crippen molar-refractivity contribution in [3.63, 3.8) is 0 Å². The highest BCUT2D eigenvalue weighted by Crippen LogP contribution is 2.31. The Bertz CT molecular complexity index is 1120. The Morgan fingerprint density at radius 1 is 1.28 bits per heavy atom. The number of aromatic nitrogens is 3. The molecule has 0 atom stereocenters. The fourth-order valence-corrected chi connectivity index (χ4v) is 3.70. The molecule has 0 spiro atoms. The maximum absolute atomic E-state index is 12.8. The van der Waals surface area contributed by atoms with Gasteiger partial charge in [-0.15, -0.1) is 11.3 Å². The zero-order chi connectivity index (χ0) is 20.8. The van der Waals surface area contributed by atoms with Crippen molar-refractivity contribution in [2.75, 3.05) is 10.6 Å². The van der Waals surface area contributed by atoms with E-state index in [0.717, 1.165) is 32.8 Å². The highest BCUT2D eigenvalue weighted by Gasteiger charge is 2.35. The molecule has 0 aliphatic carbocycles. The minimum atomic E-state index is -4.63. The molecule has 1 aliphatic heterocycles. The van der Waals surface area contributed by atoms with Crippen molar-refractivity contribution in [3.05, 3.63) is 46.6 Å². The first kappa shape index (κ1) is 19.1. The number of nitrogens with zero attached hydrogens (tertiary/aromatic N) is 3. The zero-order valence-corrected chi connectivity index (χ0v) is 15.8. The molecule has 3 heterocycles. The third-order valence-corrected chi connectivity index (χ3v) is 5.18. The number of amides is 2. The molecule has 0 fully saturated rings. The second kappa shape index (κ2) is 6.99. The van der Waals surface area contributed by atoms with Crippen LogP contribution in [0.25, 0.3) is 11.3 Å². The number of alkyl halides is 3. The van der Waals surface area contributed by atoms with Gasteiger partial charge in [-0.05, 0) is 24.1 Å². The molecule has 150 valence electrons. The SMILES string of the molecule is Cn1nc(C(F)(F)F)cc1C(=O)Nc1nc(-c2ccc3c(c2)CCC(=O)N3)cs1. The molecule has 7 nitrogen and oxygen atoms in total. The quantitative estimate of drug-likeness (QED) is 0.675. The Hall–Kier alpha value is -3.21. The lowest BCUT2D eigenvalue weighted by Crippen LogP contribution is -2.18. The predicted octanol–water partition coefficient (Wildman–Crippen LogP) is 3.70. The van der Waals surface area contributed by atoms with Crippen molar-refractivity contribution in [1.29, 1.82) is 0 Å². The number of fused-ring (bicyclic) bond motifs is 1. The number of carbonyl (C=O) groups is 2. The summed E-state index contributed by atoms with van der Waals surface area (Å²) in [5.41, 5.74) is 1.84. The van der Waals surface area contributed by atoms with Gasteiger partial charge in [-0.25, -0.2) is 4.98 Å². The normalized spacial score (nSPS) is 13.7. The first-order chi connectivity index (χ1) is 13.7. The second-order valence-electron chi connectivity index (χ2n) is 6.45. The van der Waals surface area contributed by atoms with Gasteiger partial charge < -0.3 is 5.32 Å². The van der Waals surface area contributed by atoms with Gasteiger partial charge >= 0.3 is 6.18 Å². The summed E-state index contributed by atoms with van der Waals surface area (Å²) in [5, 5.41) is 10.6. The number of benzene rings is 1. The van der Waals surface area contributed by atoms with Gasteiger partial charge in [0.1, 0.15) is 5.69 Å². The Morgan fingerprint density at radius 2 is 2.07 bits per heavy atom. The summed E-state index contributed by atoms with van der Waals surface area (Å²) in [4.78, 5) is 28.1. The molecule has 1 aliphatic rings. The van der Waals surface area contributed by atoms with Crippen molar-refractivity contribution in [3.8, 4) is 11.3 Å². The maximum atomic E-state index is 12.8. The van der Waals surface area contributed by atoms with Crippen LogP contribution in [-0.2, 0) is 24.4 Å². The lowest BCUT2D eigenvalue weighted by atomic mass is 9.99. The topological polar surface area (TPSA) is 88.9 Å². The number of halogens is 3. The van der Waals surface area contributed by atoms with Crippen molar-refractivity contribution < 1.29 is 22.8 Å². The van der Waals surface area contributed by atoms with Gasteiger partial charge in [-0.1, -0.05) is 6.07 Å². The summed E-state index contributed by atoms with van der Waals surface area (Å²) in [6.45, 7) is 0. The van der Waals surface area contributed by atoms with Crippen LogP contribution in [0.4, 0.5) is 24.0 Å². The maximum Gasteiger partial charge on any atom is 0.435 e. The molecular formula is C18H14F3N5O2S. The molecule has 0 radical (unpaired) electrons. The molecule has 2 aromatic heterocycles. The highest BCUT2D eigenvalue weighted by molar-refractivity contribution is 7.14. The summed E-state index contributed by atoms with van der Waals surface area (Å²) in [6.07, 6.45) is -3.58. The number of anilines is 2. The standard InChI is InChI=1S/C18H14F3N5O2S/c1-26-13(7-14(25-26)18(19,20)21)16(28)24-17-23-12(8-29-17)10-2-4-11-9(6-10)3-5-15(27)22-11/h2,4,6-8H,3,5H2,1H3,(H,22,27)(H,23,24,28). The first-order valence-electron chi connectivity index (χ1n) is 8.52. The van der Waals surface area contributed by atoms with Crippen LogP contribution in [0.15, 0.2) is 29.6 Å². The molecule has 1 aromatic carbocycles. The van der Waals surface area contributed by atoms with E-state index in [9.17, 15) is 22.8 Å².